The highest BCUT2D eigenvalue weighted by molar-refractivity contribution is 7.98. The standard InChI is InChI=1S/C19H22N2O2S/c1-5-21-16-9-7-6-8-15(16)20-19(21)24-12-14-11-18(23-4)17(22-3)10-13(14)2/h6-11H,5,12H2,1-4H3. The third-order valence-corrected chi connectivity index (χ3v) is 5.16. The van der Waals surface area contributed by atoms with Gasteiger partial charge in [-0.2, -0.15) is 0 Å². The van der Waals surface area contributed by atoms with E-state index < -0.39 is 0 Å². The van der Waals surface area contributed by atoms with Crippen LogP contribution in [0.3, 0.4) is 0 Å². The summed E-state index contributed by atoms with van der Waals surface area (Å²) in [6.07, 6.45) is 0. The summed E-state index contributed by atoms with van der Waals surface area (Å²) in [6, 6.07) is 12.4. The van der Waals surface area contributed by atoms with Crippen LogP contribution in [0.25, 0.3) is 11.0 Å². The number of hydrogen-bond donors (Lipinski definition) is 0. The Hall–Kier alpha value is -2.14. The fraction of sp³-hybridized carbons (Fsp3) is 0.316. The van der Waals surface area contributed by atoms with Crippen LogP contribution in [0.5, 0.6) is 11.5 Å². The Kier molecular flexibility index (Phi) is 5.00. The number of nitrogens with zero attached hydrogens (tertiary/aromatic N) is 2. The minimum atomic E-state index is 0.766. The number of ether oxygens (including phenoxy) is 2. The number of imidazole rings is 1. The highest BCUT2D eigenvalue weighted by atomic mass is 32.2. The van der Waals surface area contributed by atoms with E-state index in [4.69, 9.17) is 14.5 Å². The van der Waals surface area contributed by atoms with Gasteiger partial charge in [0.2, 0.25) is 0 Å². The minimum Gasteiger partial charge on any atom is -0.493 e. The van der Waals surface area contributed by atoms with Gasteiger partial charge in [0.25, 0.3) is 0 Å². The molecule has 24 heavy (non-hydrogen) atoms. The summed E-state index contributed by atoms with van der Waals surface area (Å²) in [5, 5.41) is 1.05. The van der Waals surface area contributed by atoms with Gasteiger partial charge in [0.05, 0.1) is 25.3 Å². The number of aryl methyl sites for hydroxylation is 2. The Labute approximate surface area is 146 Å². The van der Waals surface area contributed by atoms with Crippen LogP contribution in [0.4, 0.5) is 0 Å². The molecule has 0 saturated carbocycles. The van der Waals surface area contributed by atoms with Gasteiger partial charge in [-0.15, -0.1) is 0 Å². The van der Waals surface area contributed by atoms with Crippen molar-refractivity contribution in [1.29, 1.82) is 0 Å². The van der Waals surface area contributed by atoms with Crippen molar-refractivity contribution in [3.05, 3.63) is 47.5 Å². The Balaban J connectivity index is 1.88. The molecule has 0 spiro atoms. The second kappa shape index (κ2) is 7.18. The third kappa shape index (κ3) is 3.08. The molecule has 0 N–H and O–H groups in total. The number of hydrogen-bond acceptors (Lipinski definition) is 4. The van der Waals surface area contributed by atoms with Gasteiger partial charge in [0.1, 0.15) is 0 Å². The number of benzene rings is 2. The summed E-state index contributed by atoms with van der Waals surface area (Å²) in [6.45, 7) is 5.16. The first-order valence-corrected chi connectivity index (χ1v) is 8.96. The van der Waals surface area contributed by atoms with E-state index in [1.165, 1.54) is 16.6 Å². The lowest BCUT2D eigenvalue weighted by molar-refractivity contribution is 0.354. The third-order valence-electron chi connectivity index (χ3n) is 4.13. The SMILES string of the molecule is CCn1c(SCc2cc(OC)c(OC)cc2C)nc2ccccc21. The predicted molar refractivity (Wildman–Crippen MR) is 99.3 cm³/mol. The summed E-state index contributed by atoms with van der Waals surface area (Å²) in [5.74, 6) is 2.38. The zero-order valence-corrected chi connectivity index (χ0v) is 15.3. The fourth-order valence-corrected chi connectivity index (χ4v) is 3.93. The largest absolute Gasteiger partial charge is 0.493 e. The molecular weight excluding hydrogens is 320 g/mol. The van der Waals surface area contributed by atoms with E-state index in [0.29, 0.717) is 0 Å². The Morgan fingerprint density at radius 2 is 1.79 bits per heavy atom. The molecule has 5 heteroatoms. The van der Waals surface area contributed by atoms with E-state index in [1.54, 1.807) is 26.0 Å². The highest BCUT2D eigenvalue weighted by Crippen LogP contribution is 2.34. The average molecular weight is 342 g/mol. The van der Waals surface area contributed by atoms with Crippen LogP contribution in [-0.2, 0) is 12.3 Å². The van der Waals surface area contributed by atoms with Gasteiger partial charge < -0.3 is 14.0 Å². The monoisotopic (exact) mass is 342 g/mol. The van der Waals surface area contributed by atoms with Gasteiger partial charge in [-0.1, -0.05) is 23.9 Å². The van der Waals surface area contributed by atoms with Crippen molar-refractivity contribution >= 4 is 22.8 Å². The van der Waals surface area contributed by atoms with E-state index in [0.717, 1.165) is 34.5 Å². The lowest BCUT2D eigenvalue weighted by atomic mass is 10.1. The quantitative estimate of drug-likeness (QED) is 0.610. The van der Waals surface area contributed by atoms with E-state index in [2.05, 4.69) is 42.7 Å². The zero-order valence-electron chi connectivity index (χ0n) is 14.5. The topological polar surface area (TPSA) is 36.3 Å². The number of fused-ring (bicyclic) bond motifs is 1. The van der Waals surface area contributed by atoms with Crippen molar-refractivity contribution in [1.82, 2.24) is 9.55 Å². The first kappa shape index (κ1) is 16.7. The van der Waals surface area contributed by atoms with Crippen molar-refractivity contribution in [3.63, 3.8) is 0 Å². The summed E-state index contributed by atoms with van der Waals surface area (Å²) in [5.41, 5.74) is 4.66. The molecule has 0 atom stereocenters. The first-order valence-electron chi connectivity index (χ1n) is 7.97. The molecular formula is C19H22N2O2S. The number of aromatic nitrogens is 2. The van der Waals surface area contributed by atoms with Gasteiger partial charge in [-0.3, -0.25) is 0 Å². The molecule has 0 aliphatic rings. The number of methoxy groups -OCH3 is 2. The molecule has 2 aromatic carbocycles. The molecule has 0 amide bonds. The second-order valence-corrected chi connectivity index (χ2v) is 6.49. The van der Waals surface area contributed by atoms with Crippen LogP contribution in [0.2, 0.25) is 0 Å². The van der Waals surface area contributed by atoms with Crippen molar-refractivity contribution in [2.24, 2.45) is 0 Å². The van der Waals surface area contributed by atoms with E-state index in [1.807, 2.05) is 12.1 Å². The molecule has 0 saturated heterocycles. The number of para-hydroxylation sites is 2. The summed E-state index contributed by atoms with van der Waals surface area (Å²) in [4.78, 5) is 4.77. The molecule has 4 nitrogen and oxygen atoms in total. The summed E-state index contributed by atoms with van der Waals surface area (Å²) >= 11 is 1.75. The normalized spacial score (nSPS) is 11.0. The summed E-state index contributed by atoms with van der Waals surface area (Å²) < 4.78 is 13.0. The van der Waals surface area contributed by atoms with Crippen molar-refractivity contribution < 1.29 is 9.47 Å². The van der Waals surface area contributed by atoms with Crippen molar-refractivity contribution in [2.45, 2.75) is 31.3 Å². The average Bonchev–Trinajstić information content (AvgIpc) is 2.97. The van der Waals surface area contributed by atoms with Crippen LogP contribution >= 0.6 is 11.8 Å². The van der Waals surface area contributed by atoms with Crippen LogP contribution < -0.4 is 9.47 Å². The maximum Gasteiger partial charge on any atom is 0.169 e. The zero-order chi connectivity index (χ0) is 17.1. The smallest absolute Gasteiger partial charge is 0.169 e. The van der Waals surface area contributed by atoms with E-state index in [-0.39, 0.29) is 0 Å². The Morgan fingerprint density at radius 1 is 1.08 bits per heavy atom. The molecule has 3 rings (SSSR count). The fourth-order valence-electron chi connectivity index (χ4n) is 2.79. The molecule has 126 valence electrons. The maximum atomic E-state index is 5.42. The first-order chi connectivity index (χ1) is 11.7. The van der Waals surface area contributed by atoms with Crippen LogP contribution in [0.15, 0.2) is 41.6 Å². The molecule has 0 radical (unpaired) electrons. The molecule has 0 aliphatic heterocycles. The van der Waals surface area contributed by atoms with Gasteiger partial charge in [-0.05, 0) is 49.2 Å². The van der Waals surface area contributed by atoms with Gasteiger partial charge >= 0.3 is 0 Å². The molecule has 0 unspecified atom stereocenters. The minimum absolute atomic E-state index is 0.766. The van der Waals surface area contributed by atoms with Crippen LogP contribution in [-0.4, -0.2) is 23.8 Å². The lowest BCUT2D eigenvalue weighted by Gasteiger charge is -2.13. The van der Waals surface area contributed by atoms with Crippen LogP contribution in [0.1, 0.15) is 18.1 Å². The molecule has 0 fully saturated rings. The maximum absolute atomic E-state index is 5.42. The second-order valence-electron chi connectivity index (χ2n) is 5.55. The van der Waals surface area contributed by atoms with Gasteiger partial charge in [-0.25, -0.2) is 4.98 Å². The molecule has 0 aliphatic carbocycles. The molecule has 1 aromatic heterocycles. The number of rotatable bonds is 6. The van der Waals surface area contributed by atoms with E-state index >= 15 is 0 Å². The Morgan fingerprint density at radius 3 is 2.50 bits per heavy atom. The van der Waals surface area contributed by atoms with Gasteiger partial charge in [0.15, 0.2) is 16.7 Å². The number of thioether (sulfide) groups is 1. The highest BCUT2D eigenvalue weighted by Gasteiger charge is 2.12. The molecule has 1 heterocycles. The Bertz CT molecular complexity index is 858. The lowest BCUT2D eigenvalue weighted by Crippen LogP contribution is -1.98. The van der Waals surface area contributed by atoms with Gasteiger partial charge in [0, 0.05) is 12.3 Å². The van der Waals surface area contributed by atoms with Crippen molar-refractivity contribution in [2.75, 3.05) is 14.2 Å². The van der Waals surface area contributed by atoms with E-state index in [9.17, 15) is 0 Å². The van der Waals surface area contributed by atoms with Crippen LogP contribution in [0, 0.1) is 6.92 Å². The molecule has 3 aromatic rings. The predicted octanol–water partition coefficient (Wildman–Crippen LogP) is 4.67. The van der Waals surface area contributed by atoms with Crippen molar-refractivity contribution in [3.8, 4) is 11.5 Å². The summed E-state index contributed by atoms with van der Waals surface area (Å²) in [7, 11) is 3.33. The molecule has 0 bridgehead atoms.